The summed E-state index contributed by atoms with van der Waals surface area (Å²) in [5.41, 5.74) is 3.31. The van der Waals surface area contributed by atoms with E-state index in [0.29, 0.717) is 24.3 Å². The van der Waals surface area contributed by atoms with Gasteiger partial charge in [0.05, 0.1) is 22.9 Å². The lowest BCUT2D eigenvalue weighted by molar-refractivity contribution is -0.120. The number of nitrogens with zero attached hydrogens (tertiary/aromatic N) is 2. The van der Waals surface area contributed by atoms with Gasteiger partial charge in [-0.15, -0.1) is 0 Å². The Balaban J connectivity index is 1.73. The molecule has 1 atom stereocenters. The average molecular weight is 321 g/mol. The number of aromatic nitrogens is 1. The van der Waals surface area contributed by atoms with Crippen molar-refractivity contribution in [1.29, 1.82) is 0 Å². The van der Waals surface area contributed by atoms with Crippen molar-refractivity contribution in [2.75, 3.05) is 18.0 Å². The van der Waals surface area contributed by atoms with E-state index >= 15 is 0 Å². The molecule has 0 bridgehead atoms. The molecule has 5 heteroatoms. The summed E-state index contributed by atoms with van der Waals surface area (Å²) in [7, 11) is 0. The number of carbonyl (C=O) groups is 2. The maximum absolute atomic E-state index is 13.3. The van der Waals surface area contributed by atoms with Crippen LogP contribution in [0.15, 0.2) is 42.6 Å². The van der Waals surface area contributed by atoms with Crippen LogP contribution < -0.4 is 10.2 Å². The molecule has 2 aliphatic rings. The minimum atomic E-state index is -0.226. The van der Waals surface area contributed by atoms with Gasteiger partial charge in [0.25, 0.3) is 5.91 Å². The van der Waals surface area contributed by atoms with E-state index in [4.69, 9.17) is 0 Å². The molecule has 0 radical (unpaired) electrons. The third kappa shape index (κ3) is 2.46. The zero-order valence-electron chi connectivity index (χ0n) is 13.4. The number of amides is 2. The van der Waals surface area contributed by atoms with E-state index < -0.39 is 0 Å². The molecule has 1 aliphatic carbocycles. The Morgan fingerprint density at radius 1 is 1.21 bits per heavy atom. The summed E-state index contributed by atoms with van der Waals surface area (Å²) < 4.78 is 0. The molecule has 122 valence electrons. The SMILES string of the molecule is O=C1NCCN(C(=O)[C@H]2CCCc3cccnc32)c2ccccc21. The number of pyridine rings is 1. The first-order valence-corrected chi connectivity index (χ1v) is 8.38. The fraction of sp³-hybridized carbons (Fsp3) is 0.316. The number of aryl methyl sites for hydroxylation is 1. The van der Waals surface area contributed by atoms with E-state index in [2.05, 4.69) is 16.4 Å². The molecular weight excluding hydrogens is 302 g/mol. The molecule has 1 aromatic heterocycles. The summed E-state index contributed by atoms with van der Waals surface area (Å²) in [6, 6.07) is 11.3. The Kier molecular flexibility index (Phi) is 3.76. The van der Waals surface area contributed by atoms with Crippen LogP contribution >= 0.6 is 0 Å². The second kappa shape index (κ2) is 6.07. The number of hydrogen-bond acceptors (Lipinski definition) is 3. The molecule has 1 N–H and O–H groups in total. The van der Waals surface area contributed by atoms with Gasteiger partial charge >= 0.3 is 0 Å². The fourth-order valence-corrected chi connectivity index (χ4v) is 3.66. The first-order chi connectivity index (χ1) is 11.8. The molecule has 0 saturated carbocycles. The molecule has 0 unspecified atom stereocenters. The van der Waals surface area contributed by atoms with Gasteiger partial charge in [-0.1, -0.05) is 18.2 Å². The van der Waals surface area contributed by atoms with Crippen LogP contribution in [0.5, 0.6) is 0 Å². The predicted molar refractivity (Wildman–Crippen MR) is 91.0 cm³/mol. The molecule has 0 spiro atoms. The van der Waals surface area contributed by atoms with E-state index in [-0.39, 0.29) is 17.7 Å². The van der Waals surface area contributed by atoms with Gasteiger partial charge in [0.2, 0.25) is 5.91 Å². The largest absolute Gasteiger partial charge is 0.350 e. The topological polar surface area (TPSA) is 62.3 Å². The van der Waals surface area contributed by atoms with E-state index in [1.54, 1.807) is 17.2 Å². The Bertz CT molecular complexity index is 803. The summed E-state index contributed by atoms with van der Waals surface area (Å²) >= 11 is 0. The molecule has 0 saturated heterocycles. The lowest BCUT2D eigenvalue weighted by Gasteiger charge is -2.30. The summed E-state index contributed by atoms with van der Waals surface area (Å²) in [6.07, 6.45) is 4.53. The first-order valence-electron chi connectivity index (χ1n) is 8.38. The predicted octanol–water partition coefficient (Wildman–Crippen LogP) is 2.28. The molecule has 2 aromatic rings. The van der Waals surface area contributed by atoms with Crippen molar-refractivity contribution >= 4 is 17.5 Å². The minimum Gasteiger partial charge on any atom is -0.350 e. The van der Waals surface area contributed by atoms with Crippen molar-refractivity contribution in [3.05, 3.63) is 59.4 Å². The van der Waals surface area contributed by atoms with E-state index in [0.717, 1.165) is 25.0 Å². The second-order valence-electron chi connectivity index (χ2n) is 6.26. The molecule has 4 rings (SSSR count). The highest BCUT2D eigenvalue weighted by Gasteiger charge is 2.33. The molecule has 5 nitrogen and oxygen atoms in total. The number of para-hydroxylation sites is 1. The van der Waals surface area contributed by atoms with E-state index in [1.807, 2.05) is 24.3 Å². The molecule has 24 heavy (non-hydrogen) atoms. The van der Waals surface area contributed by atoms with Gasteiger partial charge in [-0.05, 0) is 43.0 Å². The quantitative estimate of drug-likeness (QED) is 0.876. The third-order valence-electron chi connectivity index (χ3n) is 4.82. The Hall–Kier alpha value is -2.69. The van der Waals surface area contributed by atoms with Crippen LogP contribution in [0.25, 0.3) is 0 Å². The second-order valence-corrected chi connectivity index (χ2v) is 6.26. The van der Waals surface area contributed by atoms with Gasteiger partial charge in [-0.3, -0.25) is 14.6 Å². The zero-order valence-corrected chi connectivity index (χ0v) is 13.4. The first kappa shape index (κ1) is 14.9. The summed E-state index contributed by atoms with van der Waals surface area (Å²) in [6.45, 7) is 0.946. The van der Waals surface area contributed by atoms with Crippen LogP contribution in [0.1, 0.15) is 40.4 Å². The summed E-state index contributed by atoms with van der Waals surface area (Å²) in [4.78, 5) is 31.7. The van der Waals surface area contributed by atoms with Crippen LogP contribution in [0.4, 0.5) is 5.69 Å². The molecule has 1 aliphatic heterocycles. The average Bonchev–Trinajstić information content (AvgIpc) is 2.80. The molecular formula is C19H19N3O2. The van der Waals surface area contributed by atoms with Crippen molar-refractivity contribution < 1.29 is 9.59 Å². The lowest BCUT2D eigenvalue weighted by Crippen LogP contribution is -2.39. The molecule has 0 fully saturated rings. The number of benzene rings is 1. The van der Waals surface area contributed by atoms with Crippen molar-refractivity contribution in [3.8, 4) is 0 Å². The number of nitrogens with one attached hydrogen (secondary N) is 1. The Morgan fingerprint density at radius 2 is 2.08 bits per heavy atom. The van der Waals surface area contributed by atoms with Gasteiger partial charge in [0.1, 0.15) is 0 Å². The Labute approximate surface area is 140 Å². The number of fused-ring (bicyclic) bond motifs is 2. The summed E-state index contributed by atoms with van der Waals surface area (Å²) in [5, 5.41) is 2.86. The van der Waals surface area contributed by atoms with Crippen molar-refractivity contribution in [2.24, 2.45) is 0 Å². The summed E-state index contributed by atoms with van der Waals surface area (Å²) in [5.74, 6) is -0.308. The Morgan fingerprint density at radius 3 is 3.00 bits per heavy atom. The van der Waals surface area contributed by atoms with Crippen LogP contribution in [0.2, 0.25) is 0 Å². The smallest absolute Gasteiger partial charge is 0.253 e. The normalized spacial score (nSPS) is 19.8. The van der Waals surface area contributed by atoms with Gasteiger partial charge in [-0.25, -0.2) is 0 Å². The van der Waals surface area contributed by atoms with E-state index in [1.165, 1.54) is 5.56 Å². The van der Waals surface area contributed by atoms with Crippen LogP contribution in [0.3, 0.4) is 0 Å². The number of hydrogen-bond donors (Lipinski definition) is 1. The molecule has 1 aromatic carbocycles. The fourth-order valence-electron chi connectivity index (χ4n) is 3.66. The van der Waals surface area contributed by atoms with Crippen molar-refractivity contribution in [2.45, 2.75) is 25.2 Å². The highest BCUT2D eigenvalue weighted by molar-refractivity contribution is 6.07. The van der Waals surface area contributed by atoms with Gasteiger partial charge in [0.15, 0.2) is 0 Å². The van der Waals surface area contributed by atoms with Crippen LogP contribution in [0, 0.1) is 0 Å². The monoisotopic (exact) mass is 321 g/mol. The van der Waals surface area contributed by atoms with Gasteiger partial charge in [-0.2, -0.15) is 0 Å². The molecule has 2 amide bonds. The standard InChI is InChI=1S/C19H19N3O2/c23-18-14-7-1-2-9-16(14)22(12-11-21-18)19(24)15-8-3-5-13-6-4-10-20-17(13)15/h1-2,4,6-7,9-10,15H,3,5,8,11-12H2,(H,21,23)/t15-/m0/s1. The van der Waals surface area contributed by atoms with Gasteiger partial charge < -0.3 is 10.2 Å². The number of anilines is 1. The number of rotatable bonds is 1. The third-order valence-corrected chi connectivity index (χ3v) is 4.82. The maximum atomic E-state index is 13.3. The van der Waals surface area contributed by atoms with E-state index in [9.17, 15) is 9.59 Å². The molecule has 2 heterocycles. The minimum absolute atomic E-state index is 0.0404. The van der Waals surface area contributed by atoms with Gasteiger partial charge in [0, 0.05) is 19.3 Å². The van der Waals surface area contributed by atoms with Crippen LogP contribution in [-0.2, 0) is 11.2 Å². The highest BCUT2D eigenvalue weighted by atomic mass is 16.2. The van der Waals surface area contributed by atoms with Crippen molar-refractivity contribution in [3.63, 3.8) is 0 Å². The highest BCUT2D eigenvalue weighted by Crippen LogP contribution is 2.33. The van der Waals surface area contributed by atoms with Crippen LogP contribution in [-0.4, -0.2) is 29.9 Å². The number of carbonyl (C=O) groups excluding carboxylic acids is 2. The lowest BCUT2D eigenvalue weighted by atomic mass is 9.85. The van der Waals surface area contributed by atoms with Crippen molar-refractivity contribution in [1.82, 2.24) is 10.3 Å². The maximum Gasteiger partial charge on any atom is 0.253 e. The zero-order chi connectivity index (χ0) is 16.5.